The fourth-order valence-electron chi connectivity index (χ4n) is 1.81. The van der Waals surface area contributed by atoms with Gasteiger partial charge in [0, 0.05) is 17.7 Å². The SMILES string of the molecule is CC(C)n1nccc1NC(=O)c1cccc(C(=O)O)c1. The number of hydrogen-bond acceptors (Lipinski definition) is 3. The molecule has 0 bridgehead atoms. The molecule has 104 valence electrons. The molecule has 0 radical (unpaired) electrons. The van der Waals surface area contributed by atoms with Crippen molar-refractivity contribution in [3.63, 3.8) is 0 Å². The summed E-state index contributed by atoms with van der Waals surface area (Å²) in [6, 6.07) is 7.70. The van der Waals surface area contributed by atoms with Crippen molar-refractivity contribution in [2.75, 3.05) is 5.32 Å². The number of carbonyl (C=O) groups is 2. The van der Waals surface area contributed by atoms with E-state index in [-0.39, 0.29) is 17.5 Å². The van der Waals surface area contributed by atoms with Crippen LogP contribution < -0.4 is 5.32 Å². The Morgan fingerprint density at radius 2 is 1.95 bits per heavy atom. The second-order valence-corrected chi connectivity index (χ2v) is 4.59. The van der Waals surface area contributed by atoms with Crippen molar-refractivity contribution in [1.29, 1.82) is 0 Å². The molecular formula is C14H15N3O3. The van der Waals surface area contributed by atoms with Gasteiger partial charge < -0.3 is 10.4 Å². The first-order valence-corrected chi connectivity index (χ1v) is 6.17. The Bertz CT molecular complexity index is 647. The van der Waals surface area contributed by atoms with E-state index >= 15 is 0 Å². The van der Waals surface area contributed by atoms with Crippen molar-refractivity contribution in [3.8, 4) is 0 Å². The molecular weight excluding hydrogens is 258 g/mol. The topological polar surface area (TPSA) is 84.2 Å². The normalized spacial score (nSPS) is 10.6. The maximum atomic E-state index is 12.1. The van der Waals surface area contributed by atoms with Crippen LogP contribution in [0.15, 0.2) is 36.5 Å². The number of nitrogens with zero attached hydrogens (tertiary/aromatic N) is 2. The first-order valence-electron chi connectivity index (χ1n) is 6.17. The van der Waals surface area contributed by atoms with Gasteiger partial charge in [0.15, 0.2) is 0 Å². The molecule has 0 aliphatic rings. The molecule has 6 nitrogen and oxygen atoms in total. The molecule has 2 N–H and O–H groups in total. The minimum absolute atomic E-state index is 0.0787. The molecule has 1 heterocycles. The van der Waals surface area contributed by atoms with Crippen LogP contribution in [0.2, 0.25) is 0 Å². The van der Waals surface area contributed by atoms with Crippen LogP contribution in [0.1, 0.15) is 40.6 Å². The minimum Gasteiger partial charge on any atom is -0.478 e. The molecule has 0 saturated carbocycles. The van der Waals surface area contributed by atoms with Gasteiger partial charge in [-0.05, 0) is 32.0 Å². The Morgan fingerprint density at radius 3 is 2.60 bits per heavy atom. The van der Waals surface area contributed by atoms with Gasteiger partial charge in [0.25, 0.3) is 5.91 Å². The number of anilines is 1. The van der Waals surface area contributed by atoms with Crippen LogP contribution in [0.3, 0.4) is 0 Å². The van der Waals surface area contributed by atoms with Crippen molar-refractivity contribution in [2.24, 2.45) is 0 Å². The molecule has 1 aromatic carbocycles. The van der Waals surface area contributed by atoms with Gasteiger partial charge in [-0.1, -0.05) is 6.07 Å². The van der Waals surface area contributed by atoms with Crippen LogP contribution in [0.25, 0.3) is 0 Å². The van der Waals surface area contributed by atoms with Gasteiger partial charge in [0.1, 0.15) is 5.82 Å². The lowest BCUT2D eigenvalue weighted by atomic mass is 10.1. The van der Waals surface area contributed by atoms with E-state index in [1.54, 1.807) is 23.0 Å². The van der Waals surface area contributed by atoms with E-state index in [4.69, 9.17) is 5.11 Å². The van der Waals surface area contributed by atoms with E-state index in [0.29, 0.717) is 11.4 Å². The summed E-state index contributed by atoms with van der Waals surface area (Å²) in [5, 5.41) is 15.8. The van der Waals surface area contributed by atoms with Crippen LogP contribution in [0.4, 0.5) is 5.82 Å². The van der Waals surface area contributed by atoms with E-state index in [1.165, 1.54) is 18.2 Å². The third-order valence-corrected chi connectivity index (χ3v) is 2.77. The number of amides is 1. The van der Waals surface area contributed by atoms with Gasteiger partial charge in [0.05, 0.1) is 11.8 Å². The molecule has 1 aromatic heterocycles. The summed E-state index contributed by atoms with van der Waals surface area (Å²) in [5.74, 6) is -0.854. The van der Waals surface area contributed by atoms with Crippen LogP contribution in [0, 0.1) is 0 Å². The van der Waals surface area contributed by atoms with Crippen LogP contribution in [-0.4, -0.2) is 26.8 Å². The quantitative estimate of drug-likeness (QED) is 0.896. The molecule has 0 saturated heterocycles. The molecule has 0 aliphatic carbocycles. The second kappa shape index (κ2) is 5.56. The lowest BCUT2D eigenvalue weighted by molar-refractivity contribution is 0.0697. The zero-order chi connectivity index (χ0) is 14.7. The highest BCUT2D eigenvalue weighted by Gasteiger charge is 2.12. The van der Waals surface area contributed by atoms with Crippen molar-refractivity contribution in [2.45, 2.75) is 19.9 Å². The molecule has 0 unspecified atom stereocenters. The lowest BCUT2D eigenvalue weighted by Gasteiger charge is -2.11. The van der Waals surface area contributed by atoms with Crippen LogP contribution in [0.5, 0.6) is 0 Å². The third kappa shape index (κ3) is 2.85. The predicted octanol–water partition coefficient (Wildman–Crippen LogP) is 2.41. The molecule has 2 rings (SSSR count). The van der Waals surface area contributed by atoms with Gasteiger partial charge in [-0.2, -0.15) is 5.10 Å². The number of nitrogens with one attached hydrogen (secondary N) is 1. The van der Waals surface area contributed by atoms with E-state index < -0.39 is 5.97 Å². The molecule has 0 aliphatic heterocycles. The molecule has 0 atom stereocenters. The summed E-state index contributed by atoms with van der Waals surface area (Å²) >= 11 is 0. The highest BCUT2D eigenvalue weighted by molar-refractivity contribution is 6.05. The number of rotatable bonds is 4. The number of aromatic carboxylic acids is 1. The second-order valence-electron chi connectivity index (χ2n) is 4.59. The van der Waals surface area contributed by atoms with E-state index in [1.807, 2.05) is 13.8 Å². The molecule has 20 heavy (non-hydrogen) atoms. The molecule has 2 aromatic rings. The first-order chi connectivity index (χ1) is 9.49. The summed E-state index contributed by atoms with van der Waals surface area (Å²) in [6.45, 7) is 3.90. The van der Waals surface area contributed by atoms with Gasteiger partial charge in [-0.15, -0.1) is 0 Å². The van der Waals surface area contributed by atoms with E-state index in [0.717, 1.165) is 0 Å². The number of hydrogen-bond donors (Lipinski definition) is 2. The fourth-order valence-corrected chi connectivity index (χ4v) is 1.81. The molecule has 0 spiro atoms. The Labute approximate surface area is 116 Å². The highest BCUT2D eigenvalue weighted by Crippen LogP contribution is 2.15. The van der Waals surface area contributed by atoms with Crippen LogP contribution >= 0.6 is 0 Å². The Hall–Kier alpha value is -2.63. The highest BCUT2D eigenvalue weighted by atomic mass is 16.4. The summed E-state index contributed by atoms with van der Waals surface area (Å²) in [5.41, 5.74) is 0.372. The zero-order valence-electron chi connectivity index (χ0n) is 11.2. The van der Waals surface area contributed by atoms with Crippen molar-refractivity contribution < 1.29 is 14.7 Å². The maximum Gasteiger partial charge on any atom is 0.335 e. The summed E-state index contributed by atoms with van der Waals surface area (Å²) in [6.07, 6.45) is 1.60. The van der Waals surface area contributed by atoms with Gasteiger partial charge >= 0.3 is 5.97 Å². The third-order valence-electron chi connectivity index (χ3n) is 2.77. The average molecular weight is 273 g/mol. The van der Waals surface area contributed by atoms with Crippen molar-refractivity contribution in [3.05, 3.63) is 47.7 Å². The molecule has 1 amide bonds. The smallest absolute Gasteiger partial charge is 0.335 e. The minimum atomic E-state index is -1.06. The van der Waals surface area contributed by atoms with Gasteiger partial charge in [-0.3, -0.25) is 4.79 Å². The Morgan fingerprint density at radius 1 is 1.25 bits per heavy atom. The standard InChI is InChI=1S/C14H15N3O3/c1-9(2)17-12(6-7-15-17)16-13(18)10-4-3-5-11(8-10)14(19)20/h3-9H,1-2H3,(H,16,18)(H,19,20). The number of carboxylic acid groups (broad SMARTS) is 1. The summed E-state index contributed by atoms with van der Waals surface area (Å²) < 4.78 is 1.68. The van der Waals surface area contributed by atoms with E-state index in [9.17, 15) is 9.59 Å². The maximum absolute atomic E-state index is 12.1. The molecule has 0 fully saturated rings. The van der Waals surface area contributed by atoms with Crippen molar-refractivity contribution in [1.82, 2.24) is 9.78 Å². The Kier molecular flexibility index (Phi) is 3.84. The monoisotopic (exact) mass is 273 g/mol. The number of aromatic nitrogens is 2. The van der Waals surface area contributed by atoms with Crippen molar-refractivity contribution >= 4 is 17.7 Å². The lowest BCUT2D eigenvalue weighted by Crippen LogP contribution is -2.17. The van der Waals surface area contributed by atoms with Gasteiger partial charge in [0.2, 0.25) is 0 Å². The molecule has 6 heteroatoms. The van der Waals surface area contributed by atoms with E-state index in [2.05, 4.69) is 10.4 Å². The largest absolute Gasteiger partial charge is 0.478 e. The van der Waals surface area contributed by atoms with Gasteiger partial charge in [-0.25, -0.2) is 9.48 Å². The fraction of sp³-hybridized carbons (Fsp3) is 0.214. The zero-order valence-corrected chi connectivity index (χ0v) is 11.2. The summed E-state index contributed by atoms with van der Waals surface area (Å²) in [4.78, 5) is 23.0. The predicted molar refractivity (Wildman–Crippen MR) is 74.0 cm³/mol. The number of carbonyl (C=O) groups excluding carboxylic acids is 1. The van der Waals surface area contributed by atoms with Crippen LogP contribution in [-0.2, 0) is 0 Å². The number of benzene rings is 1. The summed E-state index contributed by atoms with van der Waals surface area (Å²) in [7, 11) is 0. The Balaban J connectivity index is 2.22. The first kappa shape index (κ1) is 13.8. The average Bonchev–Trinajstić information content (AvgIpc) is 2.87. The number of carboxylic acids is 1.